The molecule has 0 aromatic heterocycles. The number of carbonyl (C=O) groups is 1. The Balaban J connectivity index is 2.51. The quantitative estimate of drug-likeness (QED) is 0.580. The summed E-state index contributed by atoms with van der Waals surface area (Å²) in [5.41, 5.74) is 0.760. The molecule has 1 fully saturated rings. The van der Waals surface area contributed by atoms with Crippen LogP contribution in [-0.2, 0) is 9.63 Å². The lowest BCUT2D eigenvalue weighted by atomic mass is 10.1. The van der Waals surface area contributed by atoms with Crippen molar-refractivity contribution in [2.75, 3.05) is 0 Å². The van der Waals surface area contributed by atoms with Crippen LogP contribution in [0.2, 0.25) is 0 Å². The van der Waals surface area contributed by atoms with E-state index in [0.29, 0.717) is 6.42 Å². The molecular weight excluding hydrogens is 206 g/mol. The monoisotopic (exact) mass is 227 g/mol. The van der Waals surface area contributed by atoms with Gasteiger partial charge in [0.2, 0.25) is 0 Å². The molecule has 0 saturated heterocycles. The maximum atomic E-state index is 11.0. The fourth-order valence-electron chi connectivity index (χ4n) is 2.17. The van der Waals surface area contributed by atoms with E-state index in [9.17, 15) is 4.79 Å². The molecule has 0 amide bonds. The van der Waals surface area contributed by atoms with Crippen LogP contribution in [0.1, 0.15) is 41.0 Å². The molecule has 1 unspecified atom stereocenters. The molecule has 4 heteroatoms. The molecule has 1 saturated carbocycles. The third-order valence-electron chi connectivity index (χ3n) is 3.25. The van der Waals surface area contributed by atoms with Gasteiger partial charge in [0, 0.05) is 0 Å². The van der Waals surface area contributed by atoms with Gasteiger partial charge in [0.15, 0.2) is 0 Å². The van der Waals surface area contributed by atoms with E-state index in [2.05, 4.69) is 5.16 Å². The number of hydrogen-bond donors (Lipinski definition) is 1. The zero-order valence-corrected chi connectivity index (χ0v) is 10.7. The topological polar surface area (TPSA) is 58.9 Å². The van der Waals surface area contributed by atoms with Crippen LogP contribution < -0.4 is 0 Å². The van der Waals surface area contributed by atoms with Crippen LogP contribution in [0.4, 0.5) is 0 Å². The Bertz CT molecular complexity index is 307. The van der Waals surface area contributed by atoms with Gasteiger partial charge in [0.1, 0.15) is 6.10 Å². The molecule has 1 N–H and O–H groups in total. The van der Waals surface area contributed by atoms with Gasteiger partial charge >= 0.3 is 5.97 Å². The van der Waals surface area contributed by atoms with Crippen LogP contribution in [0.15, 0.2) is 5.16 Å². The highest BCUT2D eigenvalue weighted by Crippen LogP contribution is 2.60. The van der Waals surface area contributed by atoms with Gasteiger partial charge in [0.05, 0.1) is 11.6 Å². The van der Waals surface area contributed by atoms with Crippen LogP contribution in [-0.4, -0.2) is 22.9 Å². The van der Waals surface area contributed by atoms with Crippen molar-refractivity contribution in [1.29, 1.82) is 0 Å². The Kier molecular flexibility index (Phi) is 3.61. The van der Waals surface area contributed by atoms with E-state index in [0.717, 1.165) is 5.71 Å². The fraction of sp³-hybridized carbons (Fsp3) is 0.833. The second-order valence-electron chi connectivity index (χ2n) is 5.43. The Morgan fingerprint density at radius 1 is 1.50 bits per heavy atom. The molecule has 4 nitrogen and oxygen atoms in total. The smallest absolute Gasteiger partial charge is 0.307 e. The first kappa shape index (κ1) is 13.0. The van der Waals surface area contributed by atoms with E-state index in [1.54, 1.807) is 0 Å². The van der Waals surface area contributed by atoms with Crippen LogP contribution >= 0.6 is 0 Å². The molecule has 0 aromatic carbocycles. The third-order valence-corrected chi connectivity index (χ3v) is 3.25. The third kappa shape index (κ3) is 2.74. The van der Waals surface area contributed by atoms with Crippen LogP contribution in [0.3, 0.4) is 0 Å². The molecule has 0 aromatic rings. The Morgan fingerprint density at radius 2 is 2.06 bits per heavy atom. The molecule has 0 spiro atoms. The van der Waals surface area contributed by atoms with Crippen molar-refractivity contribution in [3.63, 3.8) is 0 Å². The maximum absolute atomic E-state index is 11.0. The number of aliphatic carboxylic acids is 1. The van der Waals surface area contributed by atoms with Crippen LogP contribution in [0.25, 0.3) is 0 Å². The summed E-state index contributed by atoms with van der Waals surface area (Å²) in [4.78, 5) is 16.1. The van der Waals surface area contributed by atoms with E-state index >= 15 is 0 Å². The number of carboxylic acid groups (broad SMARTS) is 1. The summed E-state index contributed by atoms with van der Waals surface area (Å²) in [6, 6.07) is 0. The van der Waals surface area contributed by atoms with Crippen LogP contribution in [0, 0.1) is 17.3 Å². The highest BCUT2D eigenvalue weighted by molar-refractivity contribution is 5.84. The molecular formula is C12H21NO3. The van der Waals surface area contributed by atoms with Gasteiger partial charge in [-0.3, -0.25) is 4.79 Å². The van der Waals surface area contributed by atoms with Gasteiger partial charge < -0.3 is 9.94 Å². The summed E-state index contributed by atoms with van der Waals surface area (Å²) in [5, 5.41) is 13.0. The van der Waals surface area contributed by atoms with Gasteiger partial charge in [-0.05, 0) is 38.5 Å². The van der Waals surface area contributed by atoms with Gasteiger partial charge in [-0.25, -0.2) is 0 Å². The second kappa shape index (κ2) is 4.44. The van der Waals surface area contributed by atoms with Crippen molar-refractivity contribution in [3.05, 3.63) is 0 Å². The van der Waals surface area contributed by atoms with E-state index in [1.807, 2.05) is 34.6 Å². The maximum Gasteiger partial charge on any atom is 0.307 e. The van der Waals surface area contributed by atoms with Gasteiger partial charge in [-0.2, -0.15) is 0 Å². The minimum atomic E-state index is -0.701. The molecule has 1 rings (SSSR count). The Morgan fingerprint density at radius 3 is 2.44 bits per heavy atom. The summed E-state index contributed by atoms with van der Waals surface area (Å²) < 4.78 is 0. The lowest BCUT2D eigenvalue weighted by molar-refractivity contribution is -0.139. The van der Waals surface area contributed by atoms with Crippen molar-refractivity contribution >= 4 is 11.7 Å². The highest BCUT2D eigenvalue weighted by atomic mass is 16.6. The predicted molar refractivity (Wildman–Crippen MR) is 62.3 cm³/mol. The lowest BCUT2D eigenvalue weighted by Crippen LogP contribution is -2.04. The first-order chi connectivity index (χ1) is 7.26. The first-order valence-corrected chi connectivity index (χ1v) is 5.69. The minimum Gasteiger partial charge on any atom is -0.481 e. The van der Waals surface area contributed by atoms with E-state index in [-0.39, 0.29) is 23.4 Å². The zero-order valence-electron chi connectivity index (χ0n) is 10.7. The first-order valence-electron chi connectivity index (χ1n) is 5.69. The average molecular weight is 227 g/mol. The minimum absolute atomic E-state index is 0.0671. The summed E-state index contributed by atoms with van der Waals surface area (Å²) in [6.07, 6.45) is 0.772. The Labute approximate surface area is 96.7 Å². The zero-order chi connectivity index (χ0) is 12.5. The van der Waals surface area contributed by atoms with Crippen LogP contribution in [0.5, 0.6) is 0 Å². The summed E-state index contributed by atoms with van der Waals surface area (Å²) >= 11 is 0. The lowest BCUT2D eigenvalue weighted by Gasteiger charge is -2.05. The second-order valence-corrected chi connectivity index (χ2v) is 5.43. The van der Waals surface area contributed by atoms with Gasteiger partial charge in [-0.1, -0.05) is 19.0 Å². The molecule has 92 valence electrons. The molecule has 0 bridgehead atoms. The fourth-order valence-corrected chi connectivity index (χ4v) is 2.17. The van der Waals surface area contributed by atoms with Gasteiger partial charge in [-0.15, -0.1) is 0 Å². The average Bonchev–Trinajstić information content (AvgIpc) is 2.64. The van der Waals surface area contributed by atoms with Crippen molar-refractivity contribution in [1.82, 2.24) is 0 Å². The molecule has 1 aliphatic carbocycles. The van der Waals surface area contributed by atoms with Crippen molar-refractivity contribution in [2.24, 2.45) is 22.4 Å². The SMILES string of the molecule is CC(CC1[C@@H](C(=O)O)C1(C)C)=NOC(C)C. The molecule has 0 aliphatic heterocycles. The van der Waals surface area contributed by atoms with Gasteiger partial charge in [0.25, 0.3) is 0 Å². The number of carboxylic acids is 1. The summed E-state index contributed by atoms with van der Waals surface area (Å²) in [6.45, 7) is 9.70. The summed E-state index contributed by atoms with van der Waals surface area (Å²) in [5.74, 6) is -0.756. The molecule has 1 aliphatic rings. The molecule has 0 radical (unpaired) electrons. The number of hydrogen-bond acceptors (Lipinski definition) is 3. The van der Waals surface area contributed by atoms with E-state index in [4.69, 9.17) is 9.94 Å². The predicted octanol–water partition coefficient (Wildman–Crippen LogP) is 2.53. The molecule has 0 heterocycles. The largest absolute Gasteiger partial charge is 0.481 e. The number of nitrogens with zero attached hydrogens (tertiary/aromatic N) is 1. The van der Waals surface area contributed by atoms with Crippen molar-refractivity contribution < 1.29 is 14.7 Å². The molecule has 2 atom stereocenters. The highest BCUT2D eigenvalue weighted by Gasteiger charge is 2.61. The van der Waals surface area contributed by atoms with Crippen molar-refractivity contribution in [3.8, 4) is 0 Å². The van der Waals surface area contributed by atoms with E-state index in [1.165, 1.54) is 0 Å². The van der Waals surface area contributed by atoms with E-state index < -0.39 is 5.97 Å². The summed E-state index contributed by atoms with van der Waals surface area (Å²) in [7, 11) is 0. The molecule has 16 heavy (non-hydrogen) atoms. The number of oxime groups is 1. The van der Waals surface area contributed by atoms with Crippen molar-refractivity contribution in [2.45, 2.75) is 47.1 Å². The number of rotatable bonds is 5. The standard InChI is InChI=1S/C12H21NO3/c1-7(2)16-13-8(3)6-9-10(11(14)15)12(9,4)5/h7,9-10H,6H2,1-5H3,(H,14,15)/t9?,10-/m0/s1. The normalized spacial score (nSPS) is 28.0. The Hall–Kier alpha value is -1.06.